The smallest absolute Gasteiger partial charge is 0.240 e. The zero-order chi connectivity index (χ0) is 15.4. The number of aliphatic hydroxyl groups is 1. The van der Waals surface area contributed by atoms with Gasteiger partial charge in [0.15, 0.2) is 5.82 Å². The number of likely N-dealkylation sites (tertiary alicyclic amines) is 1. The molecule has 1 unspecified atom stereocenters. The second-order valence-corrected chi connectivity index (χ2v) is 6.08. The Bertz CT molecular complexity index is 617. The van der Waals surface area contributed by atoms with Gasteiger partial charge in [-0.3, -0.25) is 4.90 Å². The maximum Gasteiger partial charge on any atom is 0.240 e. The Balaban J connectivity index is 1.65. The summed E-state index contributed by atoms with van der Waals surface area (Å²) in [4.78, 5) is 6.67. The third kappa shape index (κ3) is 3.66. The molecule has 1 atom stereocenters. The zero-order valence-electron chi connectivity index (χ0n) is 12.4. The first kappa shape index (κ1) is 15.5. The fourth-order valence-electron chi connectivity index (χ4n) is 2.89. The highest BCUT2D eigenvalue weighted by Gasteiger charge is 2.23. The molecule has 0 amide bonds. The van der Waals surface area contributed by atoms with Crippen molar-refractivity contribution >= 4 is 11.6 Å². The first-order valence-corrected chi connectivity index (χ1v) is 8.04. The van der Waals surface area contributed by atoms with Crippen LogP contribution in [0.1, 0.15) is 36.5 Å². The van der Waals surface area contributed by atoms with E-state index in [-0.39, 0.29) is 12.6 Å². The van der Waals surface area contributed by atoms with Crippen LogP contribution in [-0.4, -0.2) is 39.3 Å². The second kappa shape index (κ2) is 7.22. The van der Waals surface area contributed by atoms with Crippen molar-refractivity contribution in [3.05, 3.63) is 46.6 Å². The summed E-state index contributed by atoms with van der Waals surface area (Å²) >= 11 is 6.15. The van der Waals surface area contributed by atoms with Crippen LogP contribution in [0, 0.1) is 0 Å². The molecular formula is C16H20ClN3O2. The SMILES string of the molecule is OCC1CCCCN1Cc1nc(Cc2ccccc2Cl)no1. The van der Waals surface area contributed by atoms with Crippen molar-refractivity contribution in [3.63, 3.8) is 0 Å². The number of nitrogens with zero attached hydrogens (tertiary/aromatic N) is 3. The number of rotatable bonds is 5. The fourth-order valence-corrected chi connectivity index (χ4v) is 3.09. The highest BCUT2D eigenvalue weighted by molar-refractivity contribution is 6.31. The van der Waals surface area contributed by atoms with Gasteiger partial charge >= 0.3 is 0 Å². The molecule has 1 aromatic heterocycles. The molecule has 2 heterocycles. The number of aromatic nitrogens is 2. The molecule has 6 heteroatoms. The predicted octanol–water partition coefficient (Wildman–Crippen LogP) is 2.66. The molecule has 1 fully saturated rings. The lowest BCUT2D eigenvalue weighted by atomic mass is 10.0. The van der Waals surface area contributed by atoms with Gasteiger partial charge in [0, 0.05) is 17.5 Å². The summed E-state index contributed by atoms with van der Waals surface area (Å²) < 4.78 is 5.34. The fraction of sp³-hybridized carbons (Fsp3) is 0.500. The van der Waals surface area contributed by atoms with E-state index in [1.807, 2.05) is 24.3 Å². The molecule has 0 radical (unpaired) electrons. The zero-order valence-corrected chi connectivity index (χ0v) is 13.2. The monoisotopic (exact) mass is 321 g/mol. The van der Waals surface area contributed by atoms with Crippen LogP contribution >= 0.6 is 11.6 Å². The molecule has 5 nitrogen and oxygen atoms in total. The van der Waals surface area contributed by atoms with Crippen molar-refractivity contribution in [2.75, 3.05) is 13.2 Å². The highest BCUT2D eigenvalue weighted by Crippen LogP contribution is 2.20. The summed E-state index contributed by atoms with van der Waals surface area (Å²) in [6, 6.07) is 7.87. The Morgan fingerprint density at radius 1 is 1.32 bits per heavy atom. The van der Waals surface area contributed by atoms with E-state index in [4.69, 9.17) is 16.1 Å². The van der Waals surface area contributed by atoms with E-state index < -0.39 is 0 Å². The summed E-state index contributed by atoms with van der Waals surface area (Å²) in [5.74, 6) is 1.24. The van der Waals surface area contributed by atoms with Gasteiger partial charge in [-0.2, -0.15) is 4.98 Å². The first-order valence-electron chi connectivity index (χ1n) is 7.66. The van der Waals surface area contributed by atoms with E-state index in [9.17, 15) is 5.11 Å². The molecule has 1 saturated heterocycles. The highest BCUT2D eigenvalue weighted by atomic mass is 35.5. The minimum atomic E-state index is 0.181. The lowest BCUT2D eigenvalue weighted by Crippen LogP contribution is -2.41. The Hall–Kier alpha value is -1.43. The molecule has 0 aliphatic carbocycles. The van der Waals surface area contributed by atoms with Crippen LogP contribution in [0.5, 0.6) is 0 Å². The lowest BCUT2D eigenvalue weighted by molar-refractivity contribution is 0.0749. The van der Waals surface area contributed by atoms with Gasteiger partial charge in [-0.1, -0.05) is 41.4 Å². The van der Waals surface area contributed by atoms with E-state index in [1.165, 1.54) is 6.42 Å². The molecule has 118 valence electrons. The van der Waals surface area contributed by atoms with Crippen molar-refractivity contribution in [3.8, 4) is 0 Å². The largest absolute Gasteiger partial charge is 0.395 e. The molecule has 2 aromatic rings. The molecule has 1 aliphatic rings. The van der Waals surface area contributed by atoms with Gasteiger partial charge in [0.1, 0.15) is 0 Å². The summed E-state index contributed by atoms with van der Waals surface area (Å²) in [6.45, 7) is 1.74. The van der Waals surface area contributed by atoms with Gasteiger partial charge in [-0.15, -0.1) is 0 Å². The molecule has 22 heavy (non-hydrogen) atoms. The molecule has 1 aliphatic heterocycles. The Kier molecular flexibility index (Phi) is 5.08. The molecule has 1 aromatic carbocycles. The van der Waals surface area contributed by atoms with Gasteiger partial charge in [0.25, 0.3) is 0 Å². The molecule has 0 spiro atoms. The first-order chi connectivity index (χ1) is 10.8. The van der Waals surface area contributed by atoms with Gasteiger partial charge in [0.05, 0.1) is 13.2 Å². The van der Waals surface area contributed by atoms with Crippen molar-refractivity contribution in [1.82, 2.24) is 15.0 Å². The average molecular weight is 322 g/mol. The molecule has 3 rings (SSSR count). The summed E-state index contributed by atoms with van der Waals surface area (Å²) in [5.41, 5.74) is 0.989. The molecule has 0 saturated carbocycles. The van der Waals surface area contributed by atoms with E-state index >= 15 is 0 Å². The number of aliphatic hydroxyl groups excluding tert-OH is 1. The number of halogens is 1. The third-order valence-electron chi connectivity index (χ3n) is 4.11. The third-order valence-corrected chi connectivity index (χ3v) is 4.48. The second-order valence-electron chi connectivity index (χ2n) is 5.68. The van der Waals surface area contributed by atoms with Crippen molar-refractivity contribution in [1.29, 1.82) is 0 Å². The lowest BCUT2D eigenvalue weighted by Gasteiger charge is -2.33. The van der Waals surface area contributed by atoms with E-state index in [0.717, 1.165) is 24.9 Å². The van der Waals surface area contributed by atoms with Crippen LogP contribution in [0.4, 0.5) is 0 Å². The maximum absolute atomic E-state index is 9.45. The minimum absolute atomic E-state index is 0.181. The van der Waals surface area contributed by atoms with Crippen LogP contribution < -0.4 is 0 Å². The van der Waals surface area contributed by atoms with E-state index in [2.05, 4.69) is 15.0 Å². The number of benzene rings is 1. The minimum Gasteiger partial charge on any atom is -0.395 e. The number of hydrogen-bond donors (Lipinski definition) is 1. The van der Waals surface area contributed by atoms with E-state index in [1.54, 1.807) is 0 Å². The number of piperidine rings is 1. The molecular weight excluding hydrogens is 302 g/mol. The van der Waals surface area contributed by atoms with Crippen LogP contribution in [0.2, 0.25) is 5.02 Å². The standard InChI is InChI=1S/C16H20ClN3O2/c17-14-7-2-1-5-12(14)9-15-18-16(22-19-15)10-20-8-4-3-6-13(20)11-21/h1-2,5,7,13,21H,3-4,6,8-11H2. The number of hydrogen-bond acceptors (Lipinski definition) is 5. The van der Waals surface area contributed by atoms with Crippen molar-refractivity contribution < 1.29 is 9.63 Å². The Labute approximate surface area is 134 Å². The Morgan fingerprint density at radius 2 is 2.18 bits per heavy atom. The summed E-state index contributed by atoms with van der Waals surface area (Å²) in [7, 11) is 0. The normalized spacial score (nSPS) is 19.5. The predicted molar refractivity (Wildman–Crippen MR) is 83.7 cm³/mol. The average Bonchev–Trinajstić information content (AvgIpc) is 2.97. The van der Waals surface area contributed by atoms with Crippen LogP contribution in [0.25, 0.3) is 0 Å². The summed E-state index contributed by atoms with van der Waals surface area (Å²) in [5, 5.41) is 14.2. The topological polar surface area (TPSA) is 62.4 Å². The molecule has 0 bridgehead atoms. The van der Waals surface area contributed by atoms with Crippen LogP contribution in [0.15, 0.2) is 28.8 Å². The van der Waals surface area contributed by atoms with Gasteiger partial charge in [-0.05, 0) is 31.0 Å². The van der Waals surface area contributed by atoms with Crippen LogP contribution in [0.3, 0.4) is 0 Å². The van der Waals surface area contributed by atoms with Crippen molar-refractivity contribution in [2.24, 2.45) is 0 Å². The molecule has 1 N–H and O–H groups in total. The van der Waals surface area contributed by atoms with Gasteiger partial charge < -0.3 is 9.63 Å². The Morgan fingerprint density at radius 3 is 3.00 bits per heavy atom. The van der Waals surface area contributed by atoms with E-state index in [0.29, 0.717) is 29.7 Å². The van der Waals surface area contributed by atoms with Crippen molar-refractivity contribution in [2.45, 2.75) is 38.3 Å². The quantitative estimate of drug-likeness (QED) is 0.917. The van der Waals surface area contributed by atoms with Gasteiger partial charge in [0.2, 0.25) is 5.89 Å². The van der Waals surface area contributed by atoms with Crippen LogP contribution in [-0.2, 0) is 13.0 Å². The summed E-state index contributed by atoms with van der Waals surface area (Å²) in [6.07, 6.45) is 3.91. The van der Waals surface area contributed by atoms with Gasteiger partial charge in [-0.25, -0.2) is 0 Å². The maximum atomic E-state index is 9.45.